The predicted molar refractivity (Wildman–Crippen MR) is 137 cm³/mol. The van der Waals surface area contributed by atoms with Crippen LogP contribution in [0.25, 0.3) is 0 Å². The number of benzene rings is 2. The van der Waals surface area contributed by atoms with Crippen LogP contribution in [0.1, 0.15) is 67.4 Å². The Bertz CT molecular complexity index is 1290. The van der Waals surface area contributed by atoms with Crippen LogP contribution in [0, 0.1) is 0 Å². The number of carbonyl (C=O) groups excluding carboxylic acids is 2. The van der Waals surface area contributed by atoms with E-state index in [1.807, 2.05) is 0 Å². The molecule has 4 rings (SSSR count). The summed E-state index contributed by atoms with van der Waals surface area (Å²) in [5.41, 5.74) is -0.323. The highest BCUT2D eigenvalue weighted by molar-refractivity contribution is 7.91. The first kappa shape index (κ1) is 27.9. The molecule has 2 atom stereocenters. The second-order valence-corrected chi connectivity index (χ2v) is 13.1. The van der Waals surface area contributed by atoms with Gasteiger partial charge in [0.05, 0.1) is 17.1 Å². The Hall–Kier alpha value is -3.08. The van der Waals surface area contributed by atoms with E-state index in [4.69, 9.17) is 4.74 Å². The van der Waals surface area contributed by atoms with E-state index in [1.54, 1.807) is 49.9 Å². The maximum atomic E-state index is 13.1. The minimum Gasteiger partial charge on any atom is -0.444 e. The summed E-state index contributed by atoms with van der Waals surface area (Å²) >= 11 is 0. The molecule has 0 bridgehead atoms. The zero-order valence-electron chi connectivity index (χ0n) is 21.4. The van der Waals surface area contributed by atoms with Crippen LogP contribution in [0.3, 0.4) is 0 Å². The molecule has 0 spiro atoms. The Morgan fingerprint density at radius 3 is 2.21 bits per heavy atom. The molecule has 1 N–H and O–H groups in total. The normalized spacial score (nSPS) is 21.4. The molecule has 1 heterocycles. The van der Waals surface area contributed by atoms with Gasteiger partial charge in [-0.2, -0.15) is 13.2 Å². The summed E-state index contributed by atoms with van der Waals surface area (Å²) in [5.74, 6) is -0.475. The summed E-state index contributed by atoms with van der Waals surface area (Å²) in [4.78, 5) is 27.4. The van der Waals surface area contributed by atoms with Crippen molar-refractivity contribution in [3.05, 3.63) is 65.2 Å². The van der Waals surface area contributed by atoms with Crippen molar-refractivity contribution in [3.8, 4) is 0 Å². The van der Waals surface area contributed by atoms with Crippen LogP contribution in [0.15, 0.2) is 48.5 Å². The van der Waals surface area contributed by atoms with E-state index in [1.165, 1.54) is 12.1 Å². The van der Waals surface area contributed by atoms with Gasteiger partial charge in [0, 0.05) is 29.3 Å². The van der Waals surface area contributed by atoms with Gasteiger partial charge in [0.15, 0.2) is 0 Å². The summed E-state index contributed by atoms with van der Waals surface area (Å²) in [6.07, 6.45) is -3.58. The van der Waals surface area contributed by atoms with Crippen LogP contribution in [-0.2, 0) is 20.8 Å². The second kappa shape index (κ2) is 10.2. The number of sulfone groups is 1. The molecule has 206 valence electrons. The highest BCUT2D eigenvalue weighted by Crippen LogP contribution is 2.47. The van der Waals surface area contributed by atoms with Gasteiger partial charge in [-0.3, -0.25) is 4.79 Å². The number of nitrogens with zero attached hydrogens (tertiary/aromatic N) is 1. The number of rotatable bonds is 5. The minimum atomic E-state index is -4.51. The lowest BCUT2D eigenvalue weighted by molar-refractivity contribution is -0.137. The standard InChI is InChI=1S/C27H31F3N2O5S/c1-26(2,3)37-25(34)32(21-11-13-38(35,36)14-12-21)23-16-22(23)17-7-9-18(10-8-17)24(33)31-20-6-4-5-19(15-20)27(28,29)30/h4-10,15,21-23H,11-14,16H2,1-3H3,(H,31,33)/t22-,23+/m0/s1. The van der Waals surface area contributed by atoms with Crippen molar-refractivity contribution in [1.29, 1.82) is 0 Å². The Kier molecular flexibility index (Phi) is 7.53. The van der Waals surface area contributed by atoms with Crippen molar-refractivity contribution in [2.45, 2.75) is 69.8 Å². The Labute approximate surface area is 220 Å². The molecule has 2 aliphatic rings. The first-order chi connectivity index (χ1) is 17.6. The van der Waals surface area contributed by atoms with Gasteiger partial charge in [0.2, 0.25) is 0 Å². The molecule has 1 aliphatic heterocycles. The Morgan fingerprint density at radius 2 is 1.63 bits per heavy atom. The molecule has 0 aromatic heterocycles. The number of carbonyl (C=O) groups is 2. The summed E-state index contributed by atoms with van der Waals surface area (Å²) in [6, 6.07) is 10.8. The summed E-state index contributed by atoms with van der Waals surface area (Å²) in [7, 11) is -3.10. The molecule has 2 fully saturated rings. The van der Waals surface area contributed by atoms with E-state index < -0.39 is 39.2 Å². The van der Waals surface area contributed by atoms with Crippen LogP contribution < -0.4 is 5.32 Å². The van der Waals surface area contributed by atoms with E-state index in [2.05, 4.69) is 5.32 Å². The first-order valence-corrected chi connectivity index (χ1v) is 14.3. The molecular formula is C27H31F3N2O5S. The smallest absolute Gasteiger partial charge is 0.416 e. The fourth-order valence-corrected chi connectivity index (χ4v) is 6.20. The lowest BCUT2D eigenvalue weighted by Crippen LogP contribution is -2.48. The number of ether oxygens (including phenoxy) is 1. The largest absolute Gasteiger partial charge is 0.444 e. The van der Waals surface area contributed by atoms with Gasteiger partial charge in [0.25, 0.3) is 5.91 Å². The molecule has 0 radical (unpaired) electrons. The van der Waals surface area contributed by atoms with Gasteiger partial charge in [0.1, 0.15) is 15.4 Å². The quantitative estimate of drug-likeness (QED) is 0.519. The van der Waals surface area contributed by atoms with Crippen LogP contribution in [0.5, 0.6) is 0 Å². The number of halogens is 3. The molecule has 1 aliphatic carbocycles. The molecule has 11 heteroatoms. The molecule has 7 nitrogen and oxygen atoms in total. The van der Waals surface area contributed by atoms with Crippen LogP contribution >= 0.6 is 0 Å². The number of alkyl halides is 3. The lowest BCUT2D eigenvalue weighted by atomic mass is 10.1. The van der Waals surface area contributed by atoms with E-state index in [-0.39, 0.29) is 40.8 Å². The van der Waals surface area contributed by atoms with E-state index in [0.29, 0.717) is 19.3 Å². The molecule has 38 heavy (non-hydrogen) atoms. The summed E-state index contributed by atoms with van der Waals surface area (Å²) < 4.78 is 68.4. The van der Waals surface area contributed by atoms with Crippen LogP contribution in [0.2, 0.25) is 0 Å². The van der Waals surface area contributed by atoms with Crippen molar-refractivity contribution in [2.24, 2.45) is 0 Å². The van der Waals surface area contributed by atoms with Crippen LogP contribution in [-0.4, -0.2) is 54.5 Å². The van der Waals surface area contributed by atoms with Crippen molar-refractivity contribution >= 4 is 27.5 Å². The predicted octanol–water partition coefficient (Wildman–Crippen LogP) is 5.63. The van der Waals surface area contributed by atoms with Gasteiger partial charge in [-0.15, -0.1) is 0 Å². The van der Waals surface area contributed by atoms with Crippen LogP contribution in [0.4, 0.5) is 23.7 Å². The topological polar surface area (TPSA) is 92.8 Å². The number of nitrogens with one attached hydrogen (secondary N) is 1. The van der Waals surface area contributed by atoms with Gasteiger partial charge in [-0.05, 0) is 75.9 Å². The molecule has 2 aromatic rings. The monoisotopic (exact) mass is 552 g/mol. The second-order valence-electron chi connectivity index (χ2n) is 10.8. The van der Waals surface area contributed by atoms with Crippen molar-refractivity contribution in [2.75, 3.05) is 16.8 Å². The Balaban J connectivity index is 1.45. The molecule has 1 saturated heterocycles. The number of anilines is 1. The lowest BCUT2D eigenvalue weighted by Gasteiger charge is -2.36. The van der Waals surface area contributed by atoms with Gasteiger partial charge in [-0.1, -0.05) is 18.2 Å². The maximum Gasteiger partial charge on any atom is 0.416 e. The zero-order chi connectivity index (χ0) is 27.9. The molecular weight excluding hydrogens is 521 g/mol. The van der Waals surface area contributed by atoms with Crippen molar-refractivity contribution in [3.63, 3.8) is 0 Å². The summed E-state index contributed by atoms with van der Waals surface area (Å²) in [6.45, 7) is 5.34. The van der Waals surface area contributed by atoms with E-state index >= 15 is 0 Å². The Morgan fingerprint density at radius 1 is 1.00 bits per heavy atom. The van der Waals surface area contributed by atoms with E-state index in [0.717, 1.165) is 17.7 Å². The highest BCUT2D eigenvalue weighted by Gasteiger charge is 2.49. The maximum absolute atomic E-state index is 13.1. The fourth-order valence-electron chi connectivity index (χ4n) is 4.73. The molecule has 2 amide bonds. The average Bonchev–Trinajstić information content (AvgIpc) is 3.59. The highest BCUT2D eigenvalue weighted by atomic mass is 32.2. The van der Waals surface area contributed by atoms with Crippen molar-refractivity contribution < 1.29 is 35.9 Å². The third kappa shape index (κ3) is 6.86. The number of hydrogen-bond acceptors (Lipinski definition) is 5. The molecule has 2 aromatic carbocycles. The van der Waals surface area contributed by atoms with Gasteiger partial charge >= 0.3 is 12.3 Å². The van der Waals surface area contributed by atoms with Crippen molar-refractivity contribution in [1.82, 2.24) is 4.90 Å². The zero-order valence-corrected chi connectivity index (χ0v) is 22.2. The summed E-state index contributed by atoms with van der Waals surface area (Å²) in [5, 5.41) is 2.49. The number of hydrogen-bond donors (Lipinski definition) is 1. The number of amides is 2. The van der Waals surface area contributed by atoms with Gasteiger partial charge < -0.3 is 15.0 Å². The van der Waals surface area contributed by atoms with E-state index in [9.17, 15) is 31.2 Å². The fraction of sp³-hybridized carbons (Fsp3) is 0.481. The average molecular weight is 553 g/mol. The molecule has 0 unspecified atom stereocenters. The third-order valence-electron chi connectivity index (χ3n) is 6.68. The SMILES string of the molecule is CC(C)(C)OC(=O)N(C1CCS(=O)(=O)CC1)[C@@H]1C[C@H]1c1ccc(C(=O)Nc2cccc(C(F)(F)F)c2)cc1. The van der Waals surface area contributed by atoms with Gasteiger partial charge in [-0.25, -0.2) is 13.2 Å². The minimum absolute atomic E-state index is 0.00151. The third-order valence-corrected chi connectivity index (χ3v) is 8.40. The molecule has 1 saturated carbocycles. The first-order valence-electron chi connectivity index (χ1n) is 12.4.